The number of amides is 3. The number of nitrogens with one attached hydrogen (secondary N) is 1. The maximum Gasteiger partial charge on any atom is 0.342 e. The Labute approximate surface area is 165 Å². The Bertz CT molecular complexity index is 828. The largest absolute Gasteiger partial charge is 0.508 e. The minimum absolute atomic E-state index is 0.00416. The fourth-order valence-corrected chi connectivity index (χ4v) is 3.41. The number of imide groups is 1. The van der Waals surface area contributed by atoms with Crippen molar-refractivity contribution in [2.75, 3.05) is 20.3 Å². The second-order valence-electron chi connectivity index (χ2n) is 6.74. The summed E-state index contributed by atoms with van der Waals surface area (Å²) in [4.78, 5) is 37.5. The molecule has 3 rings (SSSR count). The SMILES string of the molecule is COc1cc(O)cc(C)c1C(=O)O[C@@H]1[C@H](O)[C@@H](CO)O[C@H]1N1CCC(=O)NC1=O. The molecular formula is C18H22N2O9. The second kappa shape index (κ2) is 8.23. The van der Waals surface area contributed by atoms with Crippen LogP contribution in [0.5, 0.6) is 11.5 Å². The molecule has 4 atom stereocenters. The first-order valence-corrected chi connectivity index (χ1v) is 8.90. The molecule has 2 aliphatic rings. The summed E-state index contributed by atoms with van der Waals surface area (Å²) >= 11 is 0. The van der Waals surface area contributed by atoms with Gasteiger partial charge < -0.3 is 29.5 Å². The molecule has 1 aromatic carbocycles. The van der Waals surface area contributed by atoms with Crippen molar-refractivity contribution in [3.8, 4) is 11.5 Å². The summed E-state index contributed by atoms with van der Waals surface area (Å²) in [5.41, 5.74) is 0.402. The molecular weight excluding hydrogens is 388 g/mol. The lowest BCUT2D eigenvalue weighted by Gasteiger charge is -2.34. The average Bonchev–Trinajstić information content (AvgIpc) is 2.96. The number of carbonyl (C=O) groups excluding carboxylic acids is 3. The molecule has 0 aliphatic carbocycles. The predicted molar refractivity (Wildman–Crippen MR) is 95.2 cm³/mol. The number of benzene rings is 1. The number of aliphatic hydroxyl groups excluding tert-OH is 2. The first-order chi connectivity index (χ1) is 13.8. The van der Waals surface area contributed by atoms with Crippen LogP contribution in [-0.4, -0.2) is 82.9 Å². The van der Waals surface area contributed by atoms with E-state index in [2.05, 4.69) is 5.32 Å². The summed E-state index contributed by atoms with van der Waals surface area (Å²) in [5, 5.41) is 31.7. The van der Waals surface area contributed by atoms with Crippen LogP contribution >= 0.6 is 0 Å². The van der Waals surface area contributed by atoms with E-state index in [0.717, 1.165) is 4.90 Å². The van der Waals surface area contributed by atoms with Crippen molar-refractivity contribution in [3.05, 3.63) is 23.3 Å². The Morgan fingerprint density at radius 3 is 2.72 bits per heavy atom. The van der Waals surface area contributed by atoms with E-state index in [1.165, 1.54) is 19.2 Å². The van der Waals surface area contributed by atoms with Gasteiger partial charge in [0.05, 0.1) is 13.7 Å². The van der Waals surface area contributed by atoms with E-state index in [1.54, 1.807) is 6.92 Å². The van der Waals surface area contributed by atoms with E-state index in [1.807, 2.05) is 0 Å². The number of carbonyl (C=O) groups is 3. The van der Waals surface area contributed by atoms with E-state index >= 15 is 0 Å². The number of aliphatic hydroxyl groups is 2. The van der Waals surface area contributed by atoms with Gasteiger partial charge in [0.15, 0.2) is 12.3 Å². The molecule has 11 heteroatoms. The Hall–Kier alpha value is -2.89. The van der Waals surface area contributed by atoms with Crippen LogP contribution in [0.4, 0.5) is 4.79 Å². The van der Waals surface area contributed by atoms with E-state index in [0.29, 0.717) is 5.56 Å². The molecule has 0 saturated carbocycles. The molecule has 2 fully saturated rings. The Kier molecular flexibility index (Phi) is 5.91. The molecule has 0 radical (unpaired) electrons. The fraction of sp³-hybridized carbons (Fsp3) is 0.500. The molecule has 11 nitrogen and oxygen atoms in total. The first-order valence-electron chi connectivity index (χ1n) is 8.90. The number of aromatic hydroxyl groups is 1. The number of ether oxygens (including phenoxy) is 3. The van der Waals surface area contributed by atoms with Crippen LogP contribution in [0.25, 0.3) is 0 Å². The zero-order chi connectivity index (χ0) is 21.3. The minimum Gasteiger partial charge on any atom is -0.508 e. The average molecular weight is 410 g/mol. The van der Waals surface area contributed by atoms with E-state index < -0.39 is 49.1 Å². The molecule has 158 valence electrons. The van der Waals surface area contributed by atoms with Crippen LogP contribution in [0.1, 0.15) is 22.3 Å². The number of esters is 1. The first kappa shape index (κ1) is 20.8. The van der Waals surface area contributed by atoms with Gasteiger partial charge in [-0.3, -0.25) is 15.0 Å². The Morgan fingerprint density at radius 2 is 2.10 bits per heavy atom. The number of phenolic OH excluding ortho intramolecular Hbond substituents is 1. The van der Waals surface area contributed by atoms with Gasteiger partial charge in [0.25, 0.3) is 0 Å². The summed E-state index contributed by atoms with van der Waals surface area (Å²) in [6, 6.07) is 1.83. The number of hydrogen-bond acceptors (Lipinski definition) is 9. The molecule has 0 spiro atoms. The molecule has 29 heavy (non-hydrogen) atoms. The summed E-state index contributed by atoms with van der Waals surface area (Å²) in [6.45, 7) is 0.996. The number of rotatable bonds is 5. The van der Waals surface area contributed by atoms with Gasteiger partial charge >= 0.3 is 12.0 Å². The third kappa shape index (κ3) is 3.97. The molecule has 0 aromatic heterocycles. The van der Waals surface area contributed by atoms with Gasteiger partial charge in [-0.05, 0) is 18.6 Å². The highest BCUT2D eigenvalue weighted by Crippen LogP contribution is 2.32. The monoisotopic (exact) mass is 410 g/mol. The zero-order valence-electron chi connectivity index (χ0n) is 15.8. The van der Waals surface area contributed by atoms with Crippen molar-refractivity contribution < 1.29 is 43.9 Å². The third-order valence-electron chi connectivity index (χ3n) is 4.84. The molecule has 0 unspecified atom stereocenters. The lowest BCUT2D eigenvalue weighted by atomic mass is 10.1. The van der Waals surface area contributed by atoms with Gasteiger partial charge in [0.1, 0.15) is 29.3 Å². The lowest BCUT2D eigenvalue weighted by Crippen LogP contribution is -2.57. The highest BCUT2D eigenvalue weighted by atomic mass is 16.6. The normalized spacial score (nSPS) is 27.0. The molecule has 2 saturated heterocycles. The van der Waals surface area contributed by atoms with E-state index in [-0.39, 0.29) is 30.0 Å². The molecule has 2 aliphatic heterocycles. The van der Waals surface area contributed by atoms with Crippen LogP contribution in [0, 0.1) is 6.92 Å². The maximum absolute atomic E-state index is 12.8. The predicted octanol–water partition coefficient (Wildman–Crippen LogP) is -0.745. The lowest BCUT2D eigenvalue weighted by molar-refractivity contribution is -0.126. The molecule has 0 bridgehead atoms. The minimum atomic E-state index is -1.41. The molecule has 4 N–H and O–H groups in total. The van der Waals surface area contributed by atoms with Crippen LogP contribution in [0.3, 0.4) is 0 Å². The quantitative estimate of drug-likeness (QED) is 0.459. The van der Waals surface area contributed by atoms with Gasteiger partial charge in [-0.25, -0.2) is 9.59 Å². The number of urea groups is 1. The van der Waals surface area contributed by atoms with Crippen LogP contribution < -0.4 is 10.1 Å². The Balaban J connectivity index is 1.88. The van der Waals surface area contributed by atoms with Crippen LogP contribution in [0.15, 0.2) is 12.1 Å². The number of phenols is 1. The van der Waals surface area contributed by atoms with Crippen molar-refractivity contribution in [2.45, 2.75) is 37.9 Å². The summed E-state index contributed by atoms with van der Waals surface area (Å²) in [7, 11) is 1.32. The highest BCUT2D eigenvalue weighted by molar-refractivity contribution is 5.97. The smallest absolute Gasteiger partial charge is 0.342 e. The van der Waals surface area contributed by atoms with Gasteiger partial charge in [-0.1, -0.05) is 0 Å². The molecule has 3 amide bonds. The number of hydrogen-bond donors (Lipinski definition) is 4. The van der Waals surface area contributed by atoms with Crippen molar-refractivity contribution in [1.29, 1.82) is 0 Å². The van der Waals surface area contributed by atoms with Gasteiger partial charge in [0.2, 0.25) is 5.91 Å². The third-order valence-corrected chi connectivity index (χ3v) is 4.84. The topological polar surface area (TPSA) is 155 Å². The number of aryl methyl sites for hydroxylation is 1. The van der Waals surface area contributed by atoms with E-state index in [4.69, 9.17) is 14.2 Å². The zero-order valence-corrected chi connectivity index (χ0v) is 15.8. The van der Waals surface area contributed by atoms with Crippen molar-refractivity contribution in [2.24, 2.45) is 0 Å². The summed E-state index contributed by atoms with van der Waals surface area (Å²) in [6.07, 6.45) is -5.02. The second-order valence-corrected chi connectivity index (χ2v) is 6.74. The van der Waals surface area contributed by atoms with Crippen molar-refractivity contribution in [1.82, 2.24) is 10.2 Å². The van der Waals surface area contributed by atoms with Crippen molar-refractivity contribution >= 4 is 17.9 Å². The standard InChI is InChI=1S/C18H22N2O9/c1-8-5-9(22)6-10(27-2)13(8)17(25)29-15-14(24)11(7-21)28-16(15)20-4-3-12(23)19-18(20)26/h5-6,11,14-16,21-22,24H,3-4,7H2,1-2H3,(H,19,23,26)/t11-,14-,15-,16-/m1/s1. The maximum atomic E-state index is 12.8. The highest BCUT2D eigenvalue weighted by Gasteiger charge is 2.51. The fourth-order valence-electron chi connectivity index (χ4n) is 3.41. The van der Waals surface area contributed by atoms with Crippen LogP contribution in [-0.2, 0) is 14.3 Å². The van der Waals surface area contributed by atoms with Crippen LogP contribution in [0.2, 0.25) is 0 Å². The summed E-state index contributed by atoms with van der Waals surface area (Å²) in [5.74, 6) is -1.36. The number of nitrogens with zero attached hydrogens (tertiary/aromatic N) is 1. The van der Waals surface area contributed by atoms with Crippen molar-refractivity contribution in [3.63, 3.8) is 0 Å². The van der Waals surface area contributed by atoms with Gasteiger partial charge in [0, 0.05) is 19.0 Å². The van der Waals surface area contributed by atoms with Gasteiger partial charge in [-0.15, -0.1) is 0 Å². The Morgan fingerprint density at radius 1 is 1.38 bits per heavy atom. The molecule has 2 heterocycles. The number of methoxy groups -OCH3 is 1. The van der Waals surface area contributed by atoms with E-state index in [9.17, 15) is 29.7 Å². The summed E-state index contributed by atoms with van der Waals surface area (Å²) < 4.78 is 16.1. The van der Waals surface area contributed by atoms with Gasteiger partial charge in [-0.2, -0.15) is 0 Å². The molecule has 1 aromatic rings.